The van der Waals surface area contributed by atoms with Crippen molar-refractivity contribution in [3.8, 4) is 16.5 Å². The zero-order valence-corrected chi connectivity index (χ0v) is 15.9. The van der Waals surface area contributed by atoms with Crippen LogP contribution >= 0.6 is 22.7 Å². The molecule has 0 saturated carbocycles. The molecule has 130 valence electrons. The summed E-state index contributed by atoms with van der Waals surface area (Å²) >= 11 is 3.14. The number of amides is 1. The molecule has 7 heteroatoms. The number of nitriles is 1. The smallest absolute Gasteiger partial charge is 0.231 e. The first-order chi connectivity index (χ1) is 12.4. The number of rotatable bonds is 2. The highest BCUT2D eigenvalue weighted by Crippen LogP contribution is 2.42. The SMILES string of the molecule is CN1C(=O)C[C@@](C)(c2cc(-c3ccc(C#N)s3)c3sccc3c2)N=C1N. The van der Waals surface area contributed by atoms with Gasteiger partial charge >= 0.3 is 0 Å². The summed E-state index contributed by atoms with van der Waals surface area (Å²) in [5, 5.41) is 12.3. The number of hydrogen-bond donors (Lipinski definition) is 1. The van der Waals surface area contributed by atoms with Crippen molar-refractivity contribution in [1.82, 2.24) is 4.90 Å². The molecule has 1 atom stereocenters. The fraction of sp³-hybridized carbons (Fsp3) is 0.211. The van der Waals surface area contributed by atoms with E-state index in [1.54, 1.807) is 18.4 Å². The monoisotopic (exact) mass is 380 g/mol. The van der Waals surface area contributed by atoms with Crippen molar-refractivity contribution in [2.24, 2.45) is 10.7 Å². The lowest BCUT2D eigenvalue weighted by atomic mass is 9.86. The normalized spacial score (nSPS) is 20.3. The fourth-order valence-electron chi connectivity index (χ4n) is 3.19. The highest BCUT2D eigenvalue weighted by atomic mass is 32.1. The zero-order chi connectivity index (χ0) is 18.5. The standard InChI is InChI=1S/C19H16N4OS2/c1-19(9-16(24)23(2)18(21)22-19)12-7-11-5-6-25-17(11)14(8-12)15-4-3-13(10-20)26-15/h3-8H,9H2,1-2H3,(H2,21,22)/t19-/m0/s1. The Balaban J connectivity index is 1.92. The summed E-state index contributed by atoms with van der Waals surface area (Å²) < 4.78 is 1.17. The molecular weight excluding hydrogens is 364 g/mol. The first kappa shape index (κ1) is 16.8. The van der Waals surface area contributed by atoms with Crippen LogP contribution in [0.5, 0.6) is 0 Å². The third-order valence-corrected chi connectivity index (χ3v) is 6.72. The van der Waals surface area contributed by atoms with E-state index in [0.717, 1.165) is 21.4 Å². The number of carbonyl (C=O) groups is 1. The van der Waals surface area contributed by atoms with Gasteiger partial charge in [-0.05, 0) is 53.6 Å². The van der Waals surface area contributed by atoms with E-state index in [0.29, 0.717) is 4.88 Å². The number of nitrogens with two attached hydrogens (primary N) is 1. The van der Waals surface area contributed by atoms with E-state index < -0.39 is 5.54 Å². The van der Waals surface area contributed by atoms with E-state index in [1.165, 1.54) is 20.9 Å². The first-order valence-electron chi connectivity index (χ1n) is 8.05. The van der Waals surface area contributed by atoms with Gasteiger partial charge in [0.25, 0.3) is 0 Å². The van der Waals surface area contributed by atoms with Crippen LogP contribution in [0.25, 0.3) is 20.5 Å². The van der Waals surface area contributed by atoms with Crippen molar-refractivity contribution in [2.75, 3.05) is 7.05 Å². The van der Waals surface area contributed by atoms with Crippen molar-refractivity contribution >= 4 is 44.6 Å². The van der Waals surface area contributed by atoms with Gasteiger partial charge in [0, 0.05) is 22.2 Å². The van der Waals surface area contributed by atoms with E-state index in [2.05, 4.69) is 34.6 Å². The number of nitrogens with zero attached hydrogens (tertiary/aromatic N) is 3. The summed E-state index contributed by atoms with van der Waals surface area (Å²) in [6.07, 6.45) is 0.271. The Kier molecular flexibility index (Phi) is 3.83. The molecule has 1 aromatic carbocycles. The zero-order valence-electron chi connectivity index (χ0n) is 14.3. The van der Waals surface area contributed by atoms with Gasteiger partial charge in [0.15, 0.2) is 5.96 Å². The second kappa shape index (κ2) is 5.94. The molecule has 2 N–H and O–H groups in total. The molecule has 1 amide bonds. The van der Waals surface area contributed by atoms with Crippen LogP contribution in [0.1, 0.15) is 23.8 Å². The van der Waals surface area contributed by atoms with E-state index >= 15 is 0 Å². The van der Waals surface area contributed by atoms with E-state index in [1.807, 2.05) is 19.1 Å². The Morgan fingerprint density at radius 2 is 2.15 bits per heavy atom. The average molecular weight is 380 g/mol. The molecule has 1 aliphatic heterocycles. The van der Waals surface area contributed by atoms with Gasteiger partial charge in [-0.25, -0.2) is 4.99 Å². The third kappa shape index (κ3) is 2.59. The minimum Gasteiger partial charge on any atom is -0.369 e. The van der Waals surface area contributed by atoms with Crippen LogP contribution in [0.4, 0.5) is 0 Å². The molecule has 3 aromatic rings. The lowest BCUT2D eigenvalue weighted by Gasteiger charge is -2.34. The van der Waals surface area contributed by atoms with Crippen LogP contribution in [0, 0.1) is 11.3 Å². The van der Waals surface area contributed by atoms with Crippen LogP contribution < -0.4 is 5.73 Å². The molecule has 0 unspecified atom stereocenters. The van der Waals surface area contributed by atoms with Crippen LogP contribution in [-0.4, -0.2) is 23.8 Å². The molecule has 0 saturated heterocycles. The van der Waals surface area contributed by atoms with Crippen molar-refractivity contribution in [1.29, 1.82) is 5.26 Å². The predicted octanol–water partition coefficient (Wildman–Crippen LogP) is 3.89. The molecular formula is C19H16N4OS2. The highest BCUT2D eigenvalue weighted by Gasteiger charge is 2.36. The minimum absolute atomic E-state index is 0.0464. The lowest BCUT2D eigenvalue weighted by Crippen LogP contribution is -2.47. The van der Waals surface area contributed by atoms with E-state index in [-0.39, 0.29) is 18.3 Å². The van der Waals surface area contributed by atoms with Gasteiger partial charge in [0.1, 0.15) is 10.9 Å². The Morgan fingerprint density at radius 3 is 2.85 bits per heavy atom. The molecule has 0 bridgehead atoms. The lowest BCUT2D eigenvalue weighted by molar-refractivity contribution is -0.128. The number of hydrogen-bond acceptors (Lipinski definition) is 6. The topological polar surface area (TPSA) is 82.5 Å². The molecule has 2 aromatic heterocycles. The second-order valence-electron chi connectivity index (χ2n) is 6.51. The van der Waals surface area contributed by atoms with Gasteiger partial charge in [0.05, 0.1) is 12.0 Å². The maximum absolute atomic E-state index is 12.3. The van der Waals surface area contributed by atoms with Gasteiger partial charge in [-0.1, -0.05) is 0 Å². The van der Waals surface area contributed by atoms with Gasteiger partial charge in [-0.15, -0.1) is 22.7 Å². The van der Waals surface area contributed by atoms with Crippen LogP contribution in [0.15, 0.2) is 40.7 Å². The minimum atomic E-state index is -0.701. The van der Waals surface area contributed by atoms with Crippen molar-refractivity contribution < 1.29 is 4.79 Å². The summed E-state index contributed by atoms with van der Waals surface area (Å²) in [5.41, 5.74) is 7.29. The Bertz CT molecular complexity index is 1100. The molecule has 5 nitrogen and oxygen atoms in total. The number of thiophene rings is 2. The molecule has 0 fully saturated rings. The molecule has 4 rings (SSSR count). The summed E-state index contributed by atoms with van der Waals surface area (Å²) in [6.45, 7) is 1.94. The van der Waals surface area contributed by atoms with Crippen LogP contribution in [-0.2, 0) is 10.3 Å². The fourth-order valence-corrected chi connectivity index (χ4v) is 4.99. The van der Waals surface area contributed by atoms with Gasteiger partial charge in [0.2, 0.25) is 5.91 Å². The summed E-state index contributed by atoms with van der Waals surface area (Å²) in [7, 11) is 1.64. The first-order valence-corrected chi connectivity index (χ1v) is 9.75. The second-order valence-corrected chi connectivity index (χ2v) is 8.51. The third-order valence-electron chi connectivity index (χ3n) is 4.73. The molecule has 1 aliphatic rings. The molecule has 26 heavy (non-hydrogen) atoms. The molecule has 3 heterocycles. The summed E-state index contributed by atoms with van der Waals surface area (Å²) in [6, 6.07) is 12.2. The number of benzene rings is 1. The Morgan fingerprint density at radius 1 is 1.35 bits per heavy atom. The van der Waals surface area contributed by atoms with Crippen LogP contribution in [0.2, 0.25) is 0 Å². The number of guanidine groups is 1. The Hall–Kier alpha value is -2.69. The molecule has 0 spiro atoms. The number of fused-ring (bicyclic) bond motifs is 1. The van der Waals surface area contributed by atoms with Crippen molar-refractivity contribution in [2.45, 2.75) is 18.9 Å². The van der Waals surface area contributed by atoms with E-state index in [9.17, 15) is 4.79 Å². The number of aliphatic imine (C=N–C) groups is 1. The number of carbonyl (C=O) groups excluding carboxylic acids is 1. The van der Waals surface area contributed by atoms with Crippen LogP contribution in [0.3, 0.4) is 0 Å². The average Bonchev–Trinajstić information content (AvgIpc) is 3.27. The van der Waals surface area contributed by atoms with Gasteiger partial charge in [-0.2, -0.15) is 5.26 Å². The molecule has 0 radical (unpaired) electrons. The highest BCUT2D eigenvalue weighted by molar-refractivity contribution is 7.19. The van der Waals surface area contributed by atoms with Gasteiger partial charge < -0.3 is 5.73 Å². The largest absolute Gasteiger partial charge is 0.369 e. The predicted molar refractivity (Wildman–Crippen MR) is 106 cm³/mol. The maximum atomic E-state index is 12.3. The summed E-state index contributed by atoms with van der Waals surface area (Å²) in [5.74, 6) is 0.188. The van der Waals surface area contributed by atoms with E-state index in [4.69, 9.17) is 11.0 Å². The van der Waals surface area contributed by atoms with Gasteiger partial charge in [-0.3, -0.25) is 9.69 Å². The Labute approximate surface area is 159 Å². The quantitative estimate of drug-likeness (QED) is 0.732. The van der Waals surface area contributed by atoms with Crippen molar-refractivity contribution in [3.63, 3.8) is 0 Å². The maximum Gasteiger partial charge on any atom is 0.231 e. The van der Waals surface area contributed by atoms with Crippen molar-refractivity contribution in [3.05, 3.63) is 46.2 Å². The summed E-state index contributed by atoms with van der Waals surface area (Å²) in [4.78, 5) is 20.1. The molecule has 0 aliphatic carbocycles.